The quantitative estimate of drug-likeness (QED) is 0.346. The van der Waals surface area contributed by atoms with E-state index in [1.807, 2.05) is 0 Å². The molecule has 1 aliphatic heterocycles. The van der Waals surface area contributed by atoms with Gasteiger partial charge in [-0.3, -0.25) is 0 Å². The summed E-state index contributed by atoms with van der Waals surface area (Å²) in [6.45, 7) is 4.81. The lowest BCUT2D eigenvalue weighted by Crippen LogP contribution is -3.27. The molecule has 1 saturated heterocycles. The van der Waals surface area contributed by atoms with E-state index in [2.05, 4.69) is 143 Å². The Labute approximate surface area is 193 Å². The van der Waals surface area contributed by atoms with Crippen molar-refractivity contribution in [2.24, 2.45) is 0 Å². The Morgan fingerprint density at radius 2 is 1.00 bits per heavy atom. The molecule has 5 rings (SSSR count). The third kappa shape index (κ3) is 3.53. The van der Waals surface area contributed by atoms with Crippen LogP contribution in [-0.2, 0) is 0 Å². The molecule has 4 atom stereocenters. The zero-order valence-electron chi connectivity index (χ0n) is 18.8. The monoisotopic (exact) mass is 434 g/mol. The van der Waals surface area contributed by atoms with Gasteiger partial charge in [-0.1, -0.05) is 84.9 Å². The van der Waals surface area contributed by atoms with E-state index >= 15 is 0 Å². The van der Waals surface area contributed by atoms with Gasteiger partial charge in [-0.15, -0.1) is 0 Å². The zero-order valence-corrected chi connectivity index (χ0v) is 19.7. The second-order valence-corrected chi connectivity index (χ2v) is 12.4. The zero-order chi connectivity index (χ0) is 22.0. The fourth-order valence-corrected chi connectivity index (χ4v) is 10.5. The van der Waals surface area contributed by atoms with E-state index < -0.39 is 7.26 Å². The number of hydrogen-bond acceptors (Lipinski definition) is 0. The van der Waals surface area contributed by atoms with Crippen molar-refractivity contribution in [3.63, 3.8) is 0 Å². The van der Waals surface area contributed by atoms with Crippen molar-refractivity contribution in [1.29, 1.82) is 0 Å². The minimum Gasteiger partial charge on any atom is -0.559 e. The molecule has 1 heterocycles. The van der Waals surface area contributed by atoms with Crippen LogP contribution in [0.5, 0.6) is 0 Å². The molecule has 2 radical (unpaired) electrons. The molecule has 4 aromatic rings. The highest BCUT2D eigenvalue weighted by Gasteiger charge is 2.56. The molecule has 3 heteroatoms. The molecule has 0 amide bonds. The molecule has 0 aliphatic carbocycles. The summed E-state index contributed by atoms with van der Waals surface area (Å²) in [4.78, 5) is 1.58. The molecule has 0 aromatic heterocycles. The first-order chi connectivity index (χ1) is 15.7. The number of benzene rings is 4. The summed E-state index contributed by atoms with van der Waals surface area (Å²) < 4.78 is 0. The summed E-state index contributed by atoms with van der Waals surface area (Å²) in [6, 6.07) is 45.7. The maximum atomic E-state index is 2.61. The highest BCUT2D eigenvalue weighted by Crippen LogP contribution is 2.61. The standard InChI is InChI=1S/C29H30BNP/c1-23(25-15-7-3-8-16-25)31-24(2)29(30-31)32(26-17-9-4-10-18-26,27-19-11-5-12-20-27)28-21-13-6-14-22-28/h3-24,29,31H,1-2H3/q+1/t23-,24+,29+/m0/s1. The lowest BCUT2D eigenvalue weighted by molar-refractivity contribution is -0.866. The Balaban J connectivity index is 1.63. The van der Waals surface area contributed by atoms with Gasteiger partial charge < -0.3 is 4.81 Å². The van der Waals surface area contributed by atoms with Crippen LogP contribution in [0, 0.1) is 0 Å². The largest absolute Gasteiger partial charge is 0.559 e. The molecular weight excluding hydrogens is 404 g/mol. The average Bonchev–Trinajstić information content (AvgIpc) is 2.88. The molecule has 0 spiro atoms. The second-order valence-electron chi connectivity index (χ2n) is 8.81. The van der Waals surface area contributed by atoms with Gasteiger partial charge in [0.25, 0.3) is 0 Å². The second kappa shape index (κ2) is 9.06. The fourth-order valence-electron chi connectivity index (χ4n) is 5.44. The smallest absolute Gasteiger partial charge is 0.101 e. The van der Waals surface area contributed by atoms with Crippen molar-refractivity contribution in [3.8, 4) is 0 Å². The summed E-state index contributed by atoms with van der Waals surface area (Å²) in [5, 5.41) is 4.41. The van der Waals surface area contributed by atoms with Crippen molar-refractivity contribution < 1.29 is 4.81 Å². The highest BCUT2D eigenvalue weighted by molar-refractivity contribution is 7.97. The molecule has 1 nitrogen and oxygen atoms in total. The Morgan fingerprint density at radius 1 is 0.625 bits per heavy atom. The summed E-state index contributed by atoms with van der Waals surface area (Å²) >= 11 is 0. The molecule has 0 bridgehead atoms. The SMILES string of the molecule is C[C@@H]1[C@@H]([P+](c2ccccc2)(c2ccccc2)c2ccccc2)[B-][NH+]1[C@@H](C)c1ccccc1. The highest BCUT2D eigenvalue weighted by atomic mass is 31.2. The van der Waals surface area contributed by atoms with E-state index in [9.17, 15) is 0 Å². The van der Waals surface area contributed by atoms with Gasteiger partial charge in [0, 0.05) is 17.2 Å². The summed E-state index contributed by atoms with van der Waals surface area (Å²) in [5.74, 6) is 0. The van der Waals surface area contributed by atoms with Gasteiger partial charge in [-0.2, -0.15) is 0 Å². The van der Waals surface area contributed by atoms with Crippen LogP contribution in [0.15, 0.2) is 121 Å². The van der Waals surface area contributed by atoms with Gasteiger partial charge in [0.2, 0.25) is 0 Å². The number of quaternary nitrogens is 1. The summed E-state index contributed by atoms with van der Waals surface area (Å²) in [5.41, 5.74) is 1.91. The van der Waals surface area contributed by atoms with Crippen LogP contribution in [-0.4, -0.2) is 19.0 Å². The lowest BCUT2D eigenvalue weighted by atomic mass is 9.67. The van der Waals surface area contributed by atoms with E-state index in [0.717, 1.165) is 0 Å². The van der Waals surface area contributed by atoms with Crippen molar-refractivity contribution in [2.45, 2.75) is 31.5 Å². The molecule has 0 saturated carbocycles. The molecular formula is C29H30BNP+. The van der Waals surface area contributed by atoms with Crippen LogP contribution < -0.4 is 20.7 Å². The number of rotatable bonds is 6. The molecule has 4 aromatic carbocycles. The Hall–Kier alpha value is -2.67. The number of nitrogens with one attached hydrogen (secondary N) is 1. The van der Waals surface area contributed by atoms with E-state index in [1.54, 1.807) is 4.81 Å². The molecule has 1 aliphatic rings. The van der Waals surface area contributed by atoms with E-state index in [4.69, 9.17) is 0 Å². The fraction of sp³-hybridized carbons (Fsp3) is 0.172. The molecule has 1 unspecified atom stereocenters. The van der Waals surface area contributed by atoms with Gasteiger partial charge in [-0.25, -0.2) is 0 Å². The first kappa shape index (κ1) is 21.2. The van der Waals surface area contributed by atoms with Crippen LogP contribution in [0.4, 0.5) is 0 Å². The van der Waals surface area contributed by atoms with Crippen LogP contribution in [0.25, 0.3) is 0 Å². The molecule has 1 N–H and O–H groups in total. The topological polar surface area (TPSA) is 4.44 Å². The average molecular weight is 434 g/mol. The van der Waals surface area contributed by atoms with Gasteiger partial charge >= 0.3 is 0 Å². The van der Waals surface area contributed by atoms with Gasteiger partial charge in [0.1, 0.15) is 15.9 Å². The first-order valence-electron chi connectivity index (χ1n) is 11.5. The van der Waals surface area contributed by atoms with Crippen molar-refractivity contribution >= 4 is 30.6 Å². The van der Waals surface area contributed by atoms with Gasteiger partial charge in [-0.05, 0) is 50.2 Å². The number of hydrogen-bond donors (Lipinski definition) is 1. The minimum atomic E-state index is -1.86. The van der Waals surface area contributed by atoms with E-state index in [1.165, 1.54) is 21.5 Å². The Bertz CT molecular complexity index is 1040. The van der Waals surface area contributed by atoms with Crippen LogP contribution >= 0.6 is 7.26 Å². The molecule has 32 heavy (non-hydrogen) atoms. The van der Waals surface area contributed by atoms with Crippen LogP contribution in [0.2, 0.25) is 0 Å². The predicted octanol–water partition coefficient (Wildman–Crippen LogP) is 3.97. The van der Waals surface area contributed by atoms with Gasteiger partial charge in [0.15, 0.2) is 0 Å². The van der Waals surface area contributed by atoms with Crippen molar-refractivity contribution in [1.82, 2.24) is 0 Å². The molecule has 158 valence electrons. The van der Waals surface area contributed by atoms with Crippen molar-refractivity contribution in [2.75, 3.05) is 0 Å². The predicted molar refractivity (Wildman–Crippen MR) is 140 cm³/mol. The Kier molecular flexibility index (Phi) is 6.00. The first-order valence-corrected chi connectivity index (χ1v) is 13.4. The van der Waals surface area contributed by atoms with E-state index in [0.29, 0.717) is 17.6 Å². The summed E-state index contributed by atoms with van der Waals surface area (Å²) in [7, 11) is 0.756. The third-order valence-electron chi connectivity index (χ3n) is 7.14. The Morgan fingerprint density at radius 3 is 1.38 bits per heavy atom. The molecule has 1 fully saturated rings. The van der Waals surface area contributed by atoms with E-state index in [-0.39, 0.29) is 0 Å². The summed E-state index contributed by atoms with van der Waals surface area (Å²) in [6.07, 6.45) is 0. The maximum absolute atomic E-state index is 2.61. The van der Waals surface area contributed by atoms with Crippen LogP contribution in [0.1, 0.15) is 25.5 Å². The van der Waals surface area contributed by atoms with Gasteiger partial charge in [0.05, 0.1) is 20.7 Å². The maximum Gasteiger partial charge on any atom is 0.101 e. The van der Waals surface area contributed by atoms with Crippen LogP contribution in [0.3, 0.4) is 0 Å². The van der Waals surface area contributed by atoms with Crippen molar-refractivity contribution in [3.05, 3.63) is 127 Å². The third-order valence-corrected chi connectivity index (χ3v) is 12.0. The lowest BCUT2D eigenvalue weighted by Gasteiger charge is -2.60. The minimum absolute atomic E-state index is 0.451. The normalized spacial score (nSPS) is 21.5.